The third kappa shape index (κ3) is 3.03. The monoisotopic (exact) mass is 280 g/mol. The van der Waals surface area contributed by atoms with Crippen LogP contribution in [0.3, 0.4) is 0 Å². The highest BCUT2D eigenvalue weighted by Crippen LogP contribution is 2.28. The van der Waals surface area contributed by atoms with Crippen LogP contribution in [0.25, 0.3) is 0 Å². The molecule has 104 valence electrons. The van der Waals surface area contributed by atoms with E-state index >= 15 is 0 Å². The highest BCUT2D eigenvalue weighted by molar-refractivity contribution is 6.33. The van der Waals surface area contributed by atoms with Crippen LogP contribution in [0.1, 0.15) is 37.0 Å². The van der Waals surface area contributed by atoms with Crippen LogP contribution in [0.5, 0.6) is 0 Å². The second kappa shape index (κ2) is 5.83. The van der Waals surface area contributed by atoms with Gasteiger partial charge in [0.25, 0.3) is 5.91 Å². The van der Waals surface area contributed by atoms with Crippen molar-refractivity contribution in [2.45, 2.75) is 26.7 Å². The molecule has 1 aromatic carbocycles. The van der Waals surface area contributed by atoms with Crippen molar-refractivity contribution in [1.29, 1.82) is 0 Å². The summed E-state index contributed by atoms with van der Waals surface area (Å²) in [6.45, 7) is 6.12. The normalized spacial score (nSPS) is 16.9. The number of anilines is 1. The molecule has 0 aromatic heterocycles. The number of benzene rings is 1. The van der Waals surface area contributed by atoms with Crippen molar-refractivity contribution in [2.24, 2.45) is 11.8 Å². The average Bonchev–Trinajstić information content (AvgIpc) is 2.41. The van der Waals surface area contributed by atoms with E-state index < -0.39 is 0 Å². The van der Waals surface area contributed by atoms with Crippen molar-refractivity contribution in [3.05, 3.63) is 28.8 Å². The lowest BCUT2D eigenvalue weighted by atomic mass is 9.86. The molecule has 0 radical (unpaired) electrons. The third-order valence-electron chi connectivity index (χ3n) is 4.05. The number of carbonyl (C=O) groups excluding carboxylic acids is 1. The lowest BCUT2D eigenvalue weighted by molar-refractivity contribution is 0.0669. The van der Waals surface area contributed by atoms with Gasteiger partial charge in [0.2, 0.25) is 0 Å². The summed E-state index contributed by atoms with van der Waals surface area (Å²) in [4.78, 5) is 14.3. The number of halogens is 1. The van der Waals surface area contributed by atoms with Crippen molar-refractivity contribution in [2.75, 3.05) is 18.8 Å². The Balaban J connectivity index is 2.07. The lowest BCUT2D eigenvalue weighted by Gasteiger charge is -2.34. The number of carbonyl (C=O) groups is 1. The Morgan fingerprint density at radius 1 is 1.37 bits per heavy atom. The average molecular weight is 281 g/mol. The molecule has 0 bridgehead atoms. The first-order valence-electron chi connectivity index (χ1n) is 6.84. The Morgan fingerprint density at radius 3 is 2.58 bits per heavy atom. The lowest BCUT2D eigenvalue weighted by Crippen LogP contribution is -2.39. The first kappa shape index (κ1) is 14.2. The maximum atomic E-state index is 12.4. The van der Waals surface area contributed by atoms with Crippen molar-refractivity contribution >= 4 is 23.2 Å². The maximum Gasteiger partial charge on any atom is 0.255 e. The zero-order valence-corrected chi connectivity index (χ0v) is 12.3. The molecule has 0 saturated carbocycles. The molecule has 4 heteroatoms. The molecule has 1 saturated heterocycles. The Hall–Kier alpha value is -1.22. The number of rotatable bonds is 2. The SMILES string of the molecule is CC(C)C1CCN(C(=O)c2cccc(Cl)c2N)CC1. The fraction of sp³-hybridized carbons (Fsp3) is 0.533. The molecular formula is C15H21ClN2O. The Bertz CT molecular complexity index is 465. The first-order chi connectivity index (χ1) is 9.00. The maximum absolute atomic E-state index is 12.4. The number of nitrogens with zero attached hydrogens (tertiary/aromatic N) is 1. The summed E-state index contributed by atoms with van der Waals surface area (Å²) in [5, 5.41) is 0.447. The van der Waals surface area contributed by atoms with Crippen LogP contribution in [0.2, 0.25) is 5.02 Å². The second-order valence-corrected chi connectivity index (χ2v) is 5.98. The number of amides is 1. The Kier molecular flexibility index (Phi) is 4.35. The molecule has 19 heavy (non-hydrogen) atoms. The molecule has 1 aromatic rings. The van der Waals surface area contributed by atoms with Crippen molar-refractivity contribution in [1.82, 2.24) is 4.90 Å². The third-order valence-corrected chi connectivity index (χ3v) is 4.38. The largest absolute Gasteiger partial charge is 0.397 e. The van der Waals surface area contributed by atoms with Gasteiger partial charge in [0.1, 0.15) is 0 Å². The highest BCUT2D eigenvalue weighted by atomic mass is 35.5. The van der Waals surface area contributed by atoms with E-state index in [4.69, 9.17) is 17.3 Å². The summed E-state index contributed by atoms with van der Waals surface area (Å²) in [6, 6.07) is 5.23. The fourth-order valence-electron chi connectivity index (χ4n) is 2.66. The summed E-state index contributed by atoms with van der Waals surface area (Å²) < 4.78 is 0. The second-order valence-electron chi connectivity index (χ2n) is 5.57. The van der Waals surface area contributed by atoms with Crippen LogP contribution in [-0.4, -0.2) is 23.9 Å². The topological polar surface area (TPSA) is 46.3 Å². The molecule has 0 spiro atoms. The van der Waals surface area contributed by atoms with E-state index in [1.54, 1.807) is 18.2 Å². The minimum absolute atomic E-state index is 0.00204. The van der Waals surface area contributed by atoms with E-state index in [0.717, 1.165) is 31.8 Å². The minimum Gasteiger partial charge on any atom is -0.397 e. The summed E-state index contributed by atoms with van der Waals surface area (Å²) >= 11 is 5.97. The minimum atomic E-state index is 0.00204. The molecule has 1 aliphatic heterocycles. The number of nitrogen functional groups attached to an aromatic ring is 1. The molecule has 1 aliphatic rings. The zero-order valence-electron chi connectivity index (χ0n) is 11.5. The van der Waals surface area contributed by atoms with E-state index in [2.05, 4.69) is 13.8 Å². The van der Waals surface area contributed by atoms with Gasteiger partial charge in [-0.05, 0) is 36.8 Å². The summed E-state index contributed by atoms with van der Waals surface area (Å²) in [7, 11) is 0. The van der Waals surface area contributed by atoms with E-state index in [1.165, 1.54) is 0 Å². The number of piperidine rings is 1. The van der Waals surface area contributed by atoms with Gasteiger partial charge in [-0.15, -0.1) is 0 Å². The van der Waals surface area contributed by atoms with E-state index in [1.807, 2.05) is 4.90 Å². The van der Waals surface area contributed by atoms with Gasteiger partial charge in [-0.25, -0.2) is 0 Å². The van der Waals surface area contributed by atoms with Gasteiger partial charge in [0.15, 0.2) is 0 Å². The van der Waals surface area contributed by atoms with Crippen LogP contribution >= 0.6 is 11.6 Å². The molecule has 3 nitrogen and oxygen atoms in total. The zero-order chi connectivity index (χ0) is 14.0. The van der Waals surface area contributed by atoms with Gasteiger partial charge in [-0.3, -0.25) is 4.79 Å². The molecule has 0 aliphatic carbocycles. The smallest absolute Gasteiger partial charge is 0.255 e. The van der Waals surface area contributed by atoms with Crippen molar-refractivity contribution < 1.29 is 4.79 Å². The molecule has 2 rings (SSSR count). The quantitative estimate of drug-likeness (QED) is 0.844. The molecule has 1 fully saturated rings. The van der Waals surface area contributed by atoms with Gasteiger partial charge in [0, 0.05) is 13.1 Å². The molecule has 1 amide bonds. The summed E-state index contributed by atoms with van der Waals surface area (Å²) in [5.74, 6) is 1.41. The molecular weight excluding hydrogens is 260 g/mol. The number of likely N-dealkylation sites (tertiary alicyclic amines) is 1. The summed E-state index contributed by atoms with van der Waals surface area (Å²) in [6.07, 6.45) is 2.15. The van der Waals surface area contributed by atoms with Crippen molar-refractivity contribution in [3.8, 4) is 0 Å². The first-order valence-corrected chi connectivity index (χ1v) is 7.21. The predicted octanol–water partition coefficient (Wildman–Crippen LogP) is 3.43. The van der Waals surface area contributed by atoms with E-state index in [-0.39, 0.29) is 5.91 Å². The predicted molar refractivity (Wildman–Crippen MR) is 79.3 cm³/mol. The number of hydrogen-bond donors (Lipinski definition) is 1. The van der Waals surface area contributed by atoms with Crippen LogP contribution in [0.4, 0.5) is 5.69 Å². The fourth-order valence-corrected chi connectivity index (χ4v) is 2.84. The Labute approximate surface area is 119 Å². The number of nitrogens with two attached hydrogens (primary N) is 1. The Morgan fingerprint density at radius 2 is 2.00 bits per heavy atom. The van der Waals surface area contributed by atoms with Crippen LogP contribution in [-0.2, 0) is 0 Å². The van der Waals surface area contributed by atoms with Crippen molar-refractivity contribution in [3.63, 3.8) is 0 Å². The van der Waals surface area contributed by atoms with Crippen LogP contribution in [0.15, 0.2) is 18.2 Å². The van der Waals surface area contributed by atoms with Gasteiger partial charge < -0.3 is 10.6 Å². The molecule has 1 heterocycles. The van der Waals surface area contributed by atoms with Gasteiger partial charge in [0.05, 0.1) is 16.3 Å². The summed E-state index contributed by atoms with van der Waals surface area (Å²) in [5.41, 5.74) is 6.80. The van der Waals surface area contributed by atoms with Gasteiger partial charge in [-0.1, -0.05) is 31.5 Å². The van der Waals surface area contributed by atoms with Crippen LogP contribution in [0, 0.1) is 11.8 Å². The number of para-hydroxylation sites is 1. The van der Waals surface area contributed by atoms with E-state index in [9.17, 15) is 4.79 Å². The van der Waals surface area contributed by atoms with Gasteiger partial charge in [-0.2, -0.15) is 0 Å². The van der Waals surface area contributed by atoms with Gasteiger partial charge >= 0.3 is 0 Å². The van der Waals surface area contributed by atoms with E-state index in [0.29, 0.717) is 22.2 Å². The van der Waals surface area contributed by atoms with Crippen LogP contribution < -0.4 is 5.73 Å². The molecule has 2 N–H and O–H groups in total. The highest BCUT2D eigenvalue weighted by Gasteiger charge is 2.26. The number of hydrogen-bond acceptors (Lipinski definition) is 2. The molecule has 0 unspecified atom stereocenters. The standard InChI is InChI=1S/C15H21ClN2O/c1-10(2)11-6-8-18(9-7-11)15(19)12-4-3-5-13(16)14(12)17/h3-5,10-11H,6-9,17H2,1-2H3. The molecule has 0 atom stereocenters.